The van der Waals surface area contributed by atoms with E-state index in [4.69, 9.17) is 4.99 Å². The lowest BCUT2D eigenvalue weighted by Crippen LogP contribution is -2.21. The number of hydrogen-bond acceptors (Lipinski definition) is 2. The van der Waals surface area contributed by atoms with Crippen LogP contribution in [0.1, 0.15) is 40.5 Å². The summed E-state index contributed by atoms with van der Waals surface area (Å²) in [5.41, 5.74) is 13.1. The zero-order valence-electron chi connectivity index (χ0n) is 29.1. The summed E-state index contributed by atoms with van der Waals surface area (Å²) >= 11 is 0. The van der Waals surface area contributed by atoms with Gasteiger partial charge < -0.3 is 9.88 Å². The number of aliphatic imine (C=N–C) groups is 1. The molecule has 2 aliphatic rings. The zero-order valence-corrected chi connectivity index (χ0v) is 29.1. The van der Waals surface area contributed by atoms with Gasteiger partial charge in [-0.05, 0) is 87.3 Å². The normalized spacial score (nSPS) is 15.0. The molecule has 9 aromatic rings. The van der Waals surface area contributed by atoms with Gasteiger partial charge >= 0.3 is 0 Å². The van der Waals surface area contributed by atoms with Crippen LogP contribution in [-0.2, 0) is 6.42 Å². The lowest BCUT2D eigenvalue weighted by atomic mass is 9.92. The molecule has 0 saturated carbocycles. The largest absolute Gasteiger partial charge is 0.359 e. The molecule has 1 aliphatic carbocycles. The number of hydrogen-bond donors (Lipinski definition) is 1. The Balaban J connectivity index is 1.07. The van der Waals surface area contributed by atoms with Crippen LogP contribution in [0.3, 0.4) is 0 Å². The number of allylic oxidation sites excluding steroid dienone is 1. The molecule has 1 N–H and O–H groups in total. The van der Waals surface area contributed by atoms with Gasteiger partial charge in [0.05, 0.1) is 16.9 Å². The van der Waals surface area contributed by atoms with E-state index >= 15 is 0 Å². The molecule has 0 saturated heterocycles. The van der Waals surface area contributed by atoms with Gasteiger partial charge in [-0.25, -0.2) is 0 Å². The molecule has 1 atom stereocenters. The molecule has 8 aromatic carbocycles. The monoisotopic (exact) mass is 677 g/mol. The second kappa shape index (κ2) is 11.9. The van der Waals surface area contributed by atoms with Crippen LogP contribution in [0.25, 0.3) is 66.1 Å². The summed E-state index contributed by atoms with van der Waals surface area (Å²) in [6.45, 7) is 0. The van der Waals surface area contributed by atoms with Crippen LogP contribution in [0.2, 0.25) is 0 Å². The highest BCUT2D eigenvalue weighted by Gasteiger charge is 2.26. The smallest absolute Gasteiger partial charge is 0.146 e. The number of rotatable bonds is 4. The van der Waals surface area contributed by atoms with Gasteiger partial charge in [-0.1, -0.05) is 140 Å². The maximum absolute atomic E-state index is 5.53. The number of benzene rings is 8. The zero-order chi connectivity index (χ0) is 34.9. The SMILES string of the molecule is C1=Cc2c(n(-c3ccc(C4N=C(c5ccccc5)c5cc(-c6ccc7ccccc7c6)ccc5N4)c4ccccc34)c3cc4ccccc4cc23)CC1. The molecule has 0 fully saturated rings. The van der Waals surface area contributed by atoms with Gasteiger partial charge in [-0.3, -0.25) is 4.99 Å². The predicted molar refractivity (Wildman–Crippen MR) is 223 cm³/mol. The van der Waals surface area contributed by atoms with E-state index in [9.17, 15) is 0 Å². The maximum atomic E-state index is 5.53. The number of anilines is 1. The Morgan fingerprint density at radius 2 is 1.25 bits per heavy atom. The fraction of sp³-hybridized carbons (Fsp3) is 0.0600. The third-order valence-corrected chi connectivity index (χ3v) is 11.2. The summed E-state index contributed by atoms with van der Waals surface area (Å²) in [7, 11) is 0. The first kappa shape index (κ1) is 30.0. The fourth-order valence-electron chi connectivity index (χ4n) is 8.69. The molecule has 1 unspecified atom stereocenters. The highest BCUT2D eigenvalue weighted by Crippen LogP contribution is 2.42. The van der Waals surface area contributed by atoms with Crippen molar-refractivity contribution in [1.29, 1.82) is 0 Å². The van der Waals surface area contributed by atoms with Gasteiger partial charge in [0, 0.05) is 44.4 Å². The van der Waals surface area contributed by atoms with Crippen LogP contribution in [0, 0.1) is 0 Å². The Hall–Kier alpha value is -6.71. The summed E-state index contributed by atoms with van der Waals surface area (Å²) in [5.74, 6) is 0. The van der Waals surface area contributed by atoms with E-state index in [0.717, 1.165) is 40.9 Å². The first-order valence-corrected chi connectivity index (χ1v) is 18.5. The van der Waals surface area contributed by atoms with Crippen molar-refractivity contribution in [3.8, 4) is 16.8 Å². The molecule has 3 heteroatoms. The fourth-order valence-corrected chi connectivity index (χ4v) is 8.69. The lowest BCUT2D eigenvalue weighted by molar-refractivity contribution is 0.835. The van der Waals surface area contributed by atoms with Crippen LogP contribution in [0.5, 0.6) is 0 Å². The van der Waals surface area contributed by atoms with E-state index in [2.05, 4.69) is 186 Å². The Labute approximate surface area is 308 Å². The minimum absolute atomic E-state index is 0.259. The molecule has 0 radical (unpaired) electrons. The third-order valence-electron chi connectivity index (χ3n) is 11.2. The molecule has 0 spiro atoms. The van der Waals surface area contributed by atoms with E-state index in [0.29, 0.717) is 0 Å². The van der Waals surface area contributed by atoms with Crippen molar-refractivity contribution in [2.24, 2.45) is 4.99 Å². The average Bonchev–Trinajstić information content (AvgIpc) is 3.54. The average molecular weight is 678 g/mol. The van der Waals surface area contributed by atoms with E-state index in [1.165, 1.54) is 71.3 Å². The number of fused-ring (bicyclic) bond motifs is 7. The highest BCUT2D eigenvalue weighted by molar-refractivity contribution is 6.17. The Morgan fingerprint density at radius 3 is 2.09 bits per heavy atom. The molecule has 1 aromatic heterocycles. The van der Waals surface area contributed by atoms with Gasteiger partial charge in [-0.2, -0.15) is 0 Å². The quantitative estimate of drug-likeness (QED) is 0.197. The van der Waals surface area contributed by atoms with Gasteiger partial charge in [0.15, 0.2) is 0 Å². The minimum atomic E-state index is -0.259. The summed E-state index contributed by atoms with van der Waals surface area (Å²) in [4.78, 5) is 5.53. The van der Waals surface area contributed by atoms with Gasteiger partial charge in [0.2, 0.25) is 0 Å². The van der Waals surface area contributed by atoms with Crippen LogP contribution in [0.15, 0.2) is 175 Å². The third kappa shape index (κ3) is 4.85. The molecule has 0 bridgehead atoms. The van der Waals surface area contributed by atoms with Crippen LogP contribution < -0.4 is 5.32 Å². The second-order valence-corrected chi connectivity index (χ2v) is 14.3. The second-order valence-electron chi connectivity index (χ2n) is 14.3. The topological polar surface area (TPSA) is 29.3 Å². The molecular weight excluding hydrogens is 643 g/mol. The number of nitrogens with one attached hydrogen (secondary N) is 1. The molecule has 3 nitrogen and oxygen atoms in total. The molecule has 0 amide bonds. The number of aromatic nitrogens is 1. The standard InChI is InChI=1S/C50H35N3/c1-2-13-33(14-3-1)49-44-30-38(37-23-22-32-12-4-5-15-34(32)28-37)24-26-45(44)51-50(52-49)42-25-27-47(40-19-9-8-18-39(40)42)53-46-21-11-10-20-41(46)43-29-35-16-6-7-17-36(35)31-48(43)53/h1-10,12-20,22-31,50-51H,11,21H2. The van der Waals surface area contributed by atoms with Crippen molar-refractivity contribution in [3.63, 3.8) is 0 Å². The lowest BCUT2D eigenvalue weighted by Gasteiger charge is -2.28. The van der Waals surface area contributed by atoms with Crippen molar-refractivity contribution >= 4 is 60.7 Å². The van der Waals surface area contributed by atoms with E-state index in [-0.39, 0.29) is 6.17 Å². The van der Waals surface area contributed by atoms with Crippen molar-refractivity contribution < 1.29 is 0 Å². The molecule has 2 heterocycles. The van der Waals surface area contributed by atoms with Gasteiger partial charge in [-0.15, -0.1) is 0 Å². The first-order valence-electron chi connectivity index (χ1n) is 18.5. The molecule has 1 aliphatic heterocycles. The molecule has 250 valence electrons. The van der Waals surface area contributed by atoms with E-state index in [1.54, 1.807) is 0 Å². The summed E-state index contributed by atoms with van der Waals surface area (Å²) in [5, 5.41) is 12.6. The minimum Gasteiger partial charge on any atom is -0.359 e. The summed E-state index contributed by atoms with van der Waals surface area (Å²) in [6, 6.07) is 59.6. The van der Waals surface area contributed by atoms with Crippen molar-refractivity contribution in [2.45, 2.75) is 19.0 Å². The van der Waals surface area contributed by atoms with E-state index in [1.807, 2.05) is 0 Å². The Morgan fingerprint density at radius 1 is 0.547 bits per heavy atom. The maximum Gasteiger partial charge on any atom is 0.146 e. The van der Waals surface area contributed by atoms with Crippen LogP contribution in [-0.4, -0.2) is 10.3 Å². The van der Waals surface area contributed by atoms with Crippen molar-refractivity contribution in [3.05, 3.63) is 198 Å². The molecular formula is C50H35N3. The predicted octanol–water partition coefficient (Wildman–Crippen LogP) is 12.7. The first-order chi connectivity index (χ1) is 26.3. The molecule has 53 heavy (non-hydrogen) atoms. The van der Waals surface area contributed by atoms with Gasteiger partial charge in [0.25, 0.3) is 0 Å². The van der Waals surface area contributed by atoms with Gasteiger partial charge in [0.1, 0.15) is 6.17 Å². The summed E-state index contributed by atoms with van der Waals surface area (Å²) in [6.07, 6.45) is 6.45. The Kier molecular flexibility index (Phi) is 6.75. The van der Waals surface area contributed by atoms with Crippen molar-refractivity contribution in [1.82, 2.24) is 4.57 Å². The van der Waals surface area contributed by atoms with E-state index < -0.39 is 0 Å². The molecule has 11 rings (SSSR count). The van der Waals surface area contributed by atoms with Crippen LogP contribution in [0.4, 0.5) is 5.69 Å². The Bertz CT molecular complexity index is 2980. The van der Waals surface area contributed by atoms with Crippen LogP contribution >= 0.6 is 0 Å². The highest BCUT2D eigenvalue weighted by atomic mass is 15.1. The summed E-state index contributed by atoms with van der Waals surface area (Å²) < 4.78 is 2.53. The van der Waals surface area contributed by atoms with Crippen molar-refractivity contribution in [2.75, 3.05) is 5.32 Å². The number of nitrogens with zero attached hydrogens (tertiary/aromatic N) is 2.